The van der Waals surface area contributed by atoms with Gasteiger partial charge in [0.25, 0.3) is 5.91 Å². The van der Waals surface area contributed by atoms with Crippen LogP contribution in [0.4, 0.5) is 13.2 Å². The van der Waals surface area contributed by atoms with Crippen LogP contribution in [0.3, 0.4) is 0 Å². The molecule has 124 valence electrons. The third-order valence-corrected chi connectivity index (χ3v) is 3.50. The number of aromatic nitrogens is 1. The van der Waals surface area contributed by atoms with Gasteiger partial charge in [0.15, 0.2) is 6.61 Å². The number of rotatable bonds is 4. The van der Waals surface area contributed by atoms with Gasteiger partial charge in [-0.15, -0.1) is 0 Å². The molecule has 0 spiro atoms. The molecule has 0 atom stereocenters. The molecule has 0 unspecified atom stereocenters. The van der Waals surface area contributed by atoms with Gasteiger partial charge in [-0.05, 0) is 54.6 Å². The number of carbonyl (C=O) groups excluding carboxylic acids is 1. The summed E-state index contributed by atoms with van der Waals surface area (Å²) < 4.78 is 45.0. The van der Waals surface area contributed by atoms with Crippen LogP contribution in [0.1, 0.15) is 19.5 Å². The molecule has 23 heavy (non-hydrogen) atoms. The molecule has 0 aliphatic carbocycles. The zero-order chi connectivity index (χ0) is 17.2. The van der Waals surface area contributed by atoms with E-state index in [-0.39, 0.29) is 23.9 Å². The molecular formula is C15H14F3IN2O2. The fourth-order valence-corrected chi connectivity index (χ4v) is 2.43. The van der Waals surface area contributed by atoms with Gasteiger partial charge >= 0.3 is 6.18 Å². The third kappa shape index (κ3) is 4.69. The molecule has 2 rings (SSSR count). The van der Waals surface area contributed by atoms with E-state index in [0.29, 0.717) is 5.39 Å². The van der Waals surface area contributed by atoms with Gasteiger partial charge in [0.1, 0.15) is 11.4 Å². The van der Waals surface area contributed by atoms with Gasteiger partial charge < -0.3 is 10.1 Å². The van der Waals surface area contributed by atoms with Crippen LogP contribution < -0.4 is 10.1 Å². The first-order valence-corrected chi connectivity index (χ1v) is 7.84. The lowest BCUT2D eigenvalue weighted by atomic mass is 10.2. The summed E-state index contributed by atoms with van der Waals surface area (Å²) in [6, 6.07) is 5.56. The summed E-state index contributed by atoms with van der Waals surface area (Å²) in [6.07, 6.45) is -4.59. The highest BCUT2D eigenvalue weighted by atomic mass is 127. The van der Waals surface area contributed by atoms with Crippen molar-refractivity contribution >= 4 is 39.4 Å². The number of benzene rings is 1. The second-order valence-corrected chi connectivity index (χ2v) is 6.42. The van der Waals surface area contributed by atoms with E-state index in [1.165, 1.54) is 6.07 Å². The minimum atomic E-state index is -4.59. The number of alkyl halides is 3. The van der Waals surface area contributed by atoms with Crippen molar-refractivity contribution in [3.05, 3.63) is 33.5 Å². The Bertz CT molecular complexity index is 732. The van der Waals surface area contributed by atoms with Gasteiger partial charge in [-0.3, -0.25) is 4.79 Å². The highest BCUT2D eigenvalue weighted by molar-refractivity contribution is 14.1. The Hall–Kier alpha value is -1.58. The molecule has 0 fully saturated rings. The number of amides is 1. The number of carbonyl (C=O) groups is 1. The maximum absolute atomic E-state index is 12.9. The molecule has 0 radical (unpaired) electrons. The fourth-order valence-electron chi connectivity index (χ4n) is 1.94. The van der Waals surface area contributed by atoms with E-state index in [1.807, 2.05) is 22.6 Å². The zero-order valence-electron chi connectivity index (χ0n) is 12.4. The van der Waals surface area contributed by atoms with Crippen molar-refractivity contribution in [1.82, 2.24) is 10.3 Å². The summed E-state index contributed by atoms with van der Waals surface area (Å²) in [5.74, 6) is -0.413. The van der Waals surface area contributed by atoms with Crippen LogP contribution in [-0.4, -0.2) is 23.5 Å². The van der Waals surface area contributed by atoms with Crippen LogP contribution in [0.5, 0.6) is 5.75 Å². The van der Waals surface area contributed by atoms with Gasteiger partial charge in [-0.25, -0.2) is 4.98 Å². The highest BCUT2D eigenvalue weighted by Gasteiger charge is 2.33. The maximum atomic E-state index is 12.9. The van der Waals surface area contributed by atoms with Crippen molar-refractivity contribution in [1.29, 1.82) is 0 Å². The van der Waals surface area contributed by atoms with Crippen LogP contribution in [0.2, 0.25) is 0 Å². The number of nitrogens with zero attached hydrogens (tertiary/aromatic N) is 1. The van der Waals surface area contributed by atoms with Crippen LogP contribution >= 0.6 is 22.6 Å². The van der Waals surface area contributed by atoms with Gasteiger partial charge in [0.2, 0.25) is 0 Å². The van der Waals surface area contributed by atoms with Crippen LogP contribution in [0, 0.1) is 3.57 Å². The van der Waals surface area contributed by atoms with E-state index in [9.17, 15) is 18.0 Å². The number of hydrogen-bond donors (Lipinski definition) is 1. The van der Waals surface area contributed by atoms with Crippen molar-refractivity contribution in [3.63, 3.8) is 0 Å². The standard InChI is InChI=1S/C15H14F3IN2O2/c1-8(2)20-14(22)7-23-12-6-13(15(16,17)18)21-11-4-3-9(19)5-10(11)12/h3-6,8H,7H2,1-2H3,(H,20,22). The normalized spacial score (nSPS) is 11.8. The SMILES string of the molecule is CC(C)NC(=O)COc1cc(C(F)(F)F)nc2ccc(I)cc12. The molecule has 1 heterocycles. The Morgan fingerprint density at radius 1 is 1.35 bits per heavy atom. The first-order valence-electron chi connectivity index (χ1n) is 6.76. The number of fused-ring (bicyclic) bond motifs is 1. The van der Waals surface area contributed by atoms with Crippen molar-refractivity contribution in [3.8, 4) is 5.75 Å². The van der Waals surface area contributed by atoms with Crippen molar-refractivity contribution in [2.75, 3.05) is 6.61 Å². The Morgan fingerprint density at radius 2 is 2.04 bits per heavy atom. The summed E-state index contributed by atoms with van der Waals surface area (Å²) in [6.45, 7) is 3.20. The van der Waals surface area contributed by atoms with Gasteiger partial charge in [-0.2, -0.15) is 13.2 Å². The molecule has 0 saturated heterocycles. The minimum Gasteiger partial charge on any atom is -0.483 e. The lowest BCUT2D eigenvalue weighted by molar-refractivity contribution is -0.141. The lowest BCUT2D eigenvalue weighted by Gasteiger charge is -2.14. The first-order chi connectivity index (χ1) is 10.7. The maximum Gasteiger partial charge on any atom is 0.433 e. The number of halogens is 4. The molecular weight excluding hydrogens is 424 g/mol. The molecule has 1 N–H and O–H groups in total. The Labute approximate surface area is 144 Å². The predicted octanol–water partition coefficient (Wildman–Crippen LogP) is 3.76. The average molecular weight is 438 g/mol. The fraction of sp³-hybridized carbons (Fsp3) is 0.333. The van der Waals surface area contributed by atoms with Crippen LogP contribution in [0.25, 0.3) is 10.9 Å². The second kappa shape index (κ2) is 6.90. The monoisotopic (exact) mass is 438 g/mol. The molecule has 0 aliphatic heterocycles. The van der Waals surface area contributed by atoms with E-state index >= 15 is 0 Å². The molecule has 8 heteroatoms. The Morgan fingerprint density at radius 3 is 2.65 bits per heavy atom. The molecule has 0 aliphatic rings. The van der Waals surface area contributed by atoms with Crippen molar-refractivity contribution in [2.24, 2.45) is 0 Å². The number of hydrogen-bond acceptors (Lipinski definition) is 3. The average Bonchev–Trinajstić information content (AvgIpc) is 2.42. The summed E-state index contributed by atoms with van der Waals surface area (Å²) in [7, 11) is 0. The number of nitrogens with one attached hydrogen (secondary N) is 1. The molecule has 1 aromatic heterocycles. The van der Waals surface area contributed by atoms with Crippen molar-refractivity contribution in [2.45, 2.75) is 26.1 Å². The van der Waals surface area contributed by atoms with Crippen LogP contribution in [0.15, 0.2) is 24.3 Å². The quantitative estimate of drug-likeness (QED) is 0.740. The largest absolute Gasteiger partial charge is 0.483 e. The first kappa shape index (κ1) is 17.8. The number of ether oxygens (including phenoxy) is 1. The van der Waals surface area contributed by atoms with E-state index in [1.54, 1.807) is 26.0 Å². The minimum absolute atomic E-state index is 0.0141. The molecule has 0 saturated carbocycles. The smallest absolute Gasteiger partial charge is 0.433 e. The van der Waals surface area contributed by atoms with Crippen LogP contribution in [-0.2, 0) is 11.0 Å². The molecule has 2 aromatic rings. The second-order valence-electron chi connectivity index (χ2n) is 5.18. The molecule has 1 amide bonds. The summed E-state index contributed by atoms with van der Waals surface area (Å²) in [5, 5.41) is 3.05. The molecule has 4 nitrogen and oxygen atoms in total. The number of pyridine rings is 1. The molecule has 0 bridgehead atoms. The molecule has 1 aromatic carbocycles. The van der Waals surface area contributed by atoms with Gasteiger partial charge in [0, 0.05) is 21.1 Å². The predicted molar refractivity (Wildman–Crippen MR) is 88.2 cm³/mol. The summed E-state index contributed by atoms with van der Waals surface area (Å²) in [4.78, 5) is 15.3. The summed E-state index contributed by atoms with van der Waals surface area (Å²) >= 11 is 2.04. The topological polar surface area (TPSA) is 51.2 Å². The van der Waals surface area contributed by atoms with Crippen molar-refractivity contribution < 1.29 is 22.7 Å². The van der Waals surface area contributed by atoms with E-state index in [0.717, 1.165) is 9.64 Å². The highest BCUT2D eigenvalue weighted by Crippen LogP contribution is 2.34. The zero-order valence-corrected chi connectivity index (χ0v) is 14.5. The summed E-state index contributed by atoms with van der Waals surface area (Å²) in [5.41, 5.74) is -0.884. The van der Waals surface area contributed by atoms with Gasteiger partial charge in [0.05, 0.1) is 5.52 Å². The Balaban J connectivity index is 2.39. The van der Waals surface area contributed by atoms with Gasteiger partial charge in [-0.1, -0.05) is 0 Å². The van der Waals surface area contributed by atoms with E-state index in [4.69, 9.17) is 4.74 Å². The van der Waals surface area contributed by atoms with E-state index in [2.05, 4.69) is 10.3 Å². The van der Waals surface area contributed by atoms with E-state index < -0.39 is 17.8 Å². The lowest BCUT2D eigenvalue weighted by Crippen LogP contribution is -2.34. The Kier molecular flexibility index (Phi) is 5.33. The third-order valence-electron chi connectivity index (χ3n) is 2.83.